The molecule has 1 aromatic heterocycles. The maximum atomic E-state index is 13.3. The number of rotatable bonds is 7. The van der Waals surface area contributed by atoms with Gasteiger partial charge in [-0.15, -0.1) is 6.58 Å². The van der Waals surface area contributed by atoms with Gasteiger partial charge in [0, 0.05) is 35.2 Å². The monoisotopic (exact) mass is 379 g/mol. The second-order valence-electron chi connectivity index (χ2n) is 6.29. The van der Waals surface area contributed by atoms with Gasteiger partial charge in [-0.1, -0.05) is 18.2 Å². The first-order valence-corrected chi connectivity index (χ1v) is 9.04. The second-order valence-corrected chi connectivity index (χ2v) is 6.29. The molecule has 1 heterocycles. The highest BCUT2D eigenvalue weighted by molar-refractivity contribution is 6.00. The maximum Gasteiger partial charge on any atom is 0.244 e. The summed E-state index contributed by atoms with van der Waals surface area (Å²) in [5.41, 5.74) is 3.92. The summed E-state index contributed by atoms with van der Waals surface area (Å²) in [4.78, 5) is 12.1. The third-order valence-electron chi connectivity index (χ3n) is 4.32. The number of hydrogen-bond acceptors (Lipinski definition) is 3. The molecule has 0 aliphatic rings. The van der Waals surface area contributed by atoms with E-state index in [1.165, 1.54) is 18.2 Å². The first kappa shape index (κ1) is 19.4. The Kier molecular flexibility index (Phi) is 5.94. The summed E-state index contributed by atoms with van der Waals surface area (Å²) in [5, 5.41) is 3.60. The van der Waals surface area contributed by atoms with Crippen molar-refractivity contribution in [1.29, 1.82) is 0 Å². The molecule has 3 rings (SSSR count). The molecule has 0 aliphatic heterocycles. The molecule has 1 amide bonds. The molecule has 0 aliphatic carbocycles. The van der Waals surface area contributed by atoms with Crippen molar-refractivity contribution in [3.05, 3.63) is 72.8 Å². The van der Waals surface area contributed by atoms with Crippen LogP contribution in [0.5, 0.6) is 5.75 Å². The van der Waals surface area contributed by atoms with Crippen LogP contribution < -0.4 is 10.1 Å². The van der Waals surface area contributed by atoms with Crippen molar-refractivity contribution >= 4 is 22.4 Å². The van der Waals surface area contributed by atoms with Crippen molar-refractivity contribution in [1.82, 2.24) is 5.32 Å². The fourth-order valence-corrected chi connectivity index (χ4v) is 2.99. The first-order chi connectivity index (χ1) is 13.5. The van der Waals surface area contributed by atoms with Crippen LogP contribution in [0.25, 0.3) is 27.7 Å². The molecule has 0 saturated heterocycles. The third kappa shape index (κ3) is 4.14. The minimum Gasteiger partial charge on any atom is -0.493 e. The molecule has 2 aromatic carbocycles. The van der Waals surface area contributed by atoms with Gasteiger partial charge in [0.2, 0.25) is 5.91 Å². The van der Waals surface area contributed by atoms with E-state index in [0.29, 0.717) is 24.5 Å². The van der Waals surface area contributed by atoms with Crippen molar-refractivity contribution in [3.63, 3.8) is 0 Å². The molecule has 0 atom stereocenters. The summed E-state index contributed by atoms with van der Waals surface area (Å²) in [6.07, 6.45) is 4.80. The van der Waals surface area contributed by atoms with Gasteiger partial charge < -0.3 is 14.5 Å². The molecule has 0 radical (unpaired) electrons. The molecule has 0 bridgehead atoms. The SMILES string of the molecule is C=CCNC(=O)/C=C(\C)c1cc2c(-c3ccc(F)cc3)coc2cc1OCC. The van der Waals surface area contributed by atoms with Gasteiger partial charge >= 0.3 is 0 Å². The van der Waals surface area contributed by atoms with Gasteiger partial charge in [0.1, 0.15) is 17.1 Å². The zero-order chi connectivity index (χ0) is 20.1. The topological polar surface area (TPSA) is 51.5 Å². The summed E-state index contributed by atoms with van der Waals surface area (Å²) in [7, 11) is 0. The van der Waals surface area contributed by atoms with E-state index < -0.39 is 0 Å². The lowest BCUT2D eigenvalue weighted by atomic mass is 9.99. The lowest BCUT2D eigenvalue weighted by molar-refractivity contribution is -0.116. The lowest BCUT2D eigenvalue weighted by Crippen LogP contribution is -2.20. The van der Waals surface area contributed by atoms with Crippen LogP contribution in [0.4, 0.5) is 4.39 Å². The fraction of sp³-hybridized carbons (Fsp3) is 0.174. The van der Waals surface area contributed by atoms with Crippen LogP contribution in [-0.4, -0.2) is 19.1 Å². The van der Waals surface area contributed by atoms with E-state index in [4.69, 9.17) is 9.15 Å². The summed E-state index contributed by atoms with van der Waals surface area (Å²) in [6, 6.07) is 10.0. The van der Waals surface area contributed by atoms with Crippen LogP contribution in [0.2, 0.25) is 0 Å². The lowest BCUT2D eigenvalue weighted by Gasteiger charge is -2.11. The highest BCUT2D eigenvalue weighted by atomic mass is 19.1. The smallest absolute Gasteiger partial charge is 0.244 e. The van der Waals surface area contributed by atoms with E-state index in [1.807, 2.05) is 26.0 Å². The Morgan fingerprint density at radius 3 is 2.71 bits per heavy atom. The summed E-state index contributed by atoms with van der Waals surface area (Å²) in [5.74, 6) is 0.145. The highest BCUT2D eigenvalue weighted by Crippen LogP contribution is 2.37. The van der Waals surface area contributed by atoms with Crippen LogP contribution in [0.1, 0.15) is 19.4 Å². The van der Waals surface area contributed by atoms with Gasteiger partial charge in [0.15, 0.2) is 0 Å². The van der Waals surface area contributed by atoms with Crippen molar-refractivity contribution in [2.24, 2.45) is 0 Å². The Hall–Kier alpha value is -3.34. The van der Waals surface area contributed by atoms with Gasteiger partial charge in [-0.3, -0.25) is 4.79 Å². The number of carbonyl (C=O) groups is 1. The molecular weight excluding hydrogens is 357 g/mol. The molecule has 1 N–H and O–H groups in total. The molecule has 4 nitrogen and oxygen atoms in total. The van der Waals surface area contributed by atoms with Crippen LogP contribution in [0.15, 0.2) is 65.8 Å². The number of amides is 1. The molecule has 144 valence electrons. The average Bonchev–Trinajstić information content (AvgIpc) is 3.09. The highest BCUT2D eigenvalue weighted by Gasteiger charge is 2.15. The van der Waals surface area contributed by atoms with E-state index in [-0.39, 0.29) is 11.7 Å². The minimum atomic E-state index is -0.291. The standard InChI is InChI=1S/C23H22FNO3/c1-4-10-25-23(26)11-15(3)18-12-19-20(16-6-8-17(24)9-7-16)14-28-22(19)13-21(18)27-5-2/h4,6-9,11-14H,1,5,10H2,2-3H3,(H,25,26)/b15-11+. The quantitative estimate of drug-likeness (QED) is 0.445. The van der Waals surface area contributed by atoms with Crippen LogP contribution >= 0.6 is 0 Å². The van der Waals surface area contributed by atoms with E-state index >= 15 is 0 Å². The molecule has 0 spiro atoms. The second kappa shape index (κ2) is 8.57. The molecule has 28 heavy (non-hydrogen) atoms. The number of allylic oxidation sites excluding steroid dienone is 1. The normalized spacial score (nSPS) is 11.5. The van der Waals surface area contributed by atoms with Gasteiger partial charge in [0.25, 0.3) is 0 Å². The molecule has 0 saturated carbocycles. The maximum absolute atomic E-state index is 13.3. The average molecular weight is 379 g/mol. The predicted molar refractivity (Wildman–Crippen MR) is 110 cm³/mol. The summed E-state index contributed by atoms with van der Waals surface area (Å²) >= 11 is 0. The van der Waals surface area contributed by atoms with E-state index in [0.717, 1.165) is 27.6 Å². The minimum absolute atomic E-state index is 0.203. The molecule has 0 unspecified atom stereocenters. The number of ether oxygens (including phenoxy) is 1. The first-order valence-electron chi connectivity index (χ1n) is 9.04. The Bertz CT molecular complexity index is 1030. The Morgan fingerprint density at radius 1 is 1.29 bits per heavy atom. The third-order valence-corrected chi connectivity index (χ3v) is 4.32. The number of fused-ring (bicyclic) bond motifs is 1. The van der Waals surface area contributed by atoms with Crippen molar-refractivity contribution in [3.8, 4) is 16.9 Å². The molecule has 0 fully saturated rings. The Morgan fingerprint density at radius 2 is 2.04 bits per heavy atom. The van der Waals surface area contributed by atoms with Crippen molar-refractivity contribution < 1.29 is 18.3 Å². The number of nitrogens with one attached hydrogen (secondary N) is 1. The number of carbonyl (C=O) groups excluding carboxylic acids is 1. The zero-order valence-corrected chi connectivity index (χ0v) is 15.9. The van der Waals surface area contributed by atoms with Gasteiger partial charge in [-0.25, -0.2) is 4.39 Å². The van der Waals surface area contributed by atoms with Crippen molar-refractivity contribution in [2.75, 3.05) is 13.2 Å². The van der Waals surface area contributed by atoms with Crippen molar-refractivity contribution in [2.45, 2.75) is 13.8 Å². The van der Waals surface area contributed by atoms with Gasteiger partial charge in [-0.05, 0) is 43.2 Å². The van der Waals surface area contributed by atoms with E-state index in [2.05, 4.69) is 11.9 Å². The van der Waals surface area contributed by atoms with E-state index in [1.54, 1.807) is 24.5 Å². The number of hydrogen-bond donors (Lipinski definition) is 1. The fourth-order valence-electron chi connectivity index (χ4n) is 2.99. The van der Waals surface area contributed by atoms with Crippen LogP contribution in [0, 0.1) is 5.82 Å². The largest absolute Gasteiger partial charge is 0.493 e. The summed E-state index contributed by atoms with van der Waals surface area (Å²) in [6.45, 7) is 8.23. The molecular formula is C23H22FNO3. The van der Waals surface area contributed by atoms with Gasteiger partial charge in [-0.2, -0.15) is 0 Å². The number of furan rings is 1. The Labute approximate surface area is 163 Å². The molecule has 3 aromatic rings. The van der Waals surface area contributed by atoms with Crippen LogP contribution in [0.3, 0.4) is 0 Å². The van der Waals surface area contributed by atoms with Gasteiger partial charge in [0.05, 0.1) is 12.9 Å². The zero-order valence-electron chi connectivity index (χ0n) is 15.9. The number of benzene rings is 2. The number of halogens is 1. The predicted octanol–water partition coefficient (Wildman–Crippen LogP) is 5.34. The van der Waals surface area contributed by atoms with E-state index in [9.17, 15) is 9.18 Å². The Balaban J connectivity index is 2.09. The van der Waals surface area contributed by atoms with Crippen LogP contribution in [-0.2, 0) is 4.79 Å². The summed E-state index contributed by atoms with van der Waals surface area (Å²) < 4.78 is 24.7. The molecule has 5 heteroatoms.